The van der Waals surface area contributed by atoms with E-state index in [-0.39, 0.29) is 5.41 Å². The van der Waals surface area contributed by atoms with E-state index in [1.807, 2.05) is 12.4 Å². The molecular weight excluding hydrogens is 224 g/mol. The minimum Gasteiger partial charge on any atom is -0.337 e. The van der Waals surface area contributed by atoms with Crippen LogP contribution in [0.2, 0.25) is 0 Å². The second kappa shape index (κ2) is 5.22. The molecule has 0 bridgehead atoms. The van der Waals surface area contributed by atoms with E-state index in [4.69, 9.17) is 5.73 Å². The van der Waals surface area contributed by atoms with Gasteiger partial charge in [0.25, 0.3) is 0 Å². The van der Waals surface area contributed by atoms with Gasteiger partial charge in [-0.2, -0.15) is 0 Å². The molecule has 1 atom stereocenters. The molecule has 4 heteroatoms. The highest BCUT2D eigenvalue weighted by Gasteiger charge is 2.23. The molecule has 1 fully saturated rings. The third-order valence-corrected chi connectivity index (χ3v) is 3.66. The van der Waals surface area contributed by atoms with Crippen molar-refractivity contribution in [3.8, 4) is 0 Å². The summed E-state index contributed by atoms with van der Waals surface area (Å²) < 4.78 is 0. The third-order valence-electron chi connectivity index (χ3n) is 3.66. The van der Waals surface area contributed by atoms with E-state index in [2.05, 4.69) is 35.6 Å². The van der Waals surface area contributed by atoms with Gasteiger partial charge in [0.2, 0.25) is 5.95 Å². The predicted molar refractivity (Wildman–Crippen MR) is 74.8 cm³/mol. The van der Waals surface area contributed by atoms with Crippen molar-refractivity contribution < 1.29 is 0 Å². The monoisotopic (exact) mass is 248 g/mol. The molecule has 1 aliphatic heterocycles. The van der Waals surface area contributed by atoms with Crippen LogP contribution in [0.4, 0.5) is 5.95 Å². The molecule has 1 aromatic rings. The van der Waals surface area contributed by atoms with E-state index < -0.39 is 0 Å². The van der Waals surface area contributed by atoms with Crippen molar-refractivity contribution in [3.63, 3.8) is 0 Å². The summed E-state index contributed by atoms with van der Waals surface area (Å²) >= 11 is 0. The fourth-order valence-electron chi connectivity index (χ4n) is 2.37. The lowest BCUT2D eigenvalue weighted by Gasteiger charge is -2.35. The van der Waals surface area contributed by atoms with Crippen molar-refractivity contribution in [2.45, 2.75) is 51.5 Å². The maximum atomic E-state index is 5.83. The zero-order valence-electron chi connectivity index (χ0n) is 11.7. The van der Waals surface area contributed by atoms with E-state index in [1.54, 1.807) is 0 Å². The Hall–Kier alpha value is -1.16. The van der Waals surface area contributed by atoms with Gasteiger partial charge in [0.1, 0.15) is 0 Å². The Morgan fingerprint density at radius 3 is 2.50 bits per heavy atom. The molecule has 4 nitrogen and oxygen atoms in total. The average molecular weight is 248 g/mol. The molecule has 1 saturated heterocycles. The zero-order chi connectivity index (χ0) is 13.2. The molecule has 0 aliphatic carbocycles. The van der Waals surface area contributed by atoms with E-state index >= 15 is 0 Å². The van der Waals surface area contributed by atoms with Crippen LogP contribution in [0.15, 0.2) is 12.4 Å². The Balaban J connectivity index is 2.18. The lowest BCUT2D eigenvalue weighted by molar-refractivity contribution is 0.457. The van der Waals surface area contributed by atoms with Gasteiger partial charge >= 0.3 is 0 Å². The van der Waals surface area contributed by atoms with Crippen molar-refractivity contribution in [1.29, 1.82) is 0 Å². The van der Waals surface area contributed by atoms with Crippen LogP contribution in [-0.2, 0) is 5.41 Å². The first kappa shape index (κ1) is 13.3. The molecule has 18 heavy (non-hydrogen) atoms. The van der Waals surface area contributed by atoms with Crippen LogP contribution < -0.4 is 10.6 Å². The summed E-state index contributed by atoms with van der Waals surface area (Å²) in [4.78, 5) is 11.3. The first-order chi connectivity index (χ1) is 8.52. The molecule has 1 unspecified atom stereocenters. The summed E-state index contributed by atoms with van der Waals surface area (Å²) in [5, 5.41) is 0. The second-order valence-corrected chi connectivity index (χ2v) is 6.10. The standard InChI is InChI=1S/C14H24N4/c1-14(2,3)11-9-16-13(17-10-11)18-7-5-4-6-12(18)8-15/h9-10,12H,4-8,15H2,1-3H3. The highest BCUT2D eigenvalue weighted by Crippen LogP contribution is 2.24. The van der Waals surface area contributed by atoms with Crippen LogP contribution in [0, 0.1) is 0 Å². The van der Waals surface area contributed by atoms with Crippen LogP contribution in [0.3, 0.4) is 0 Å². The summed E-state index contributed by atoms with van der Waals surface area (Å²) in [5.74, 6) is 0.832. The van der Waals surface area contributed by atoms with Gasteiger partial charge in [-0.1, -0.05) is 20.8 Å². The van der Waals surface area contributed by atoms with Crippen LogP contribution in [-0.4, -0.2) is 29.1 Å². The first-order valence-corrected chi connectivity index (χ1v) is 6.81. The molecule has 1 aromatic heterocycles. The molecular formula is C14H24N4. The molecule has 0 radical (unpaired) electrons. The van der Waals surface area contributed by atoms with Gasteiger partial charge in [-0.3, -0.25) is 0 Å². The van der Waals surface area contributed by atoms with E-state index in [1.165, 1.54) is 18.4 Å². The smallest absolute Gasteiger partial charge is 0.225 e. The van der Waals surface area contributed by atoms with Gasteiger partial charge in [-0.05, 0) is 30.2 Å². The molecule has 0 amide bonds. The lowest BCUT2D eigenvalue weighted by Crippen LogP contribution is -2.45. The molecule has 0 spiro atoms. The van der Waals surface area contributed by atoms with E-state index in [9.17, 15) is 0 Å². The minimum absolute atomic E-state index is 0.105. The number of anilines is 1. The second-order valence-electron chi connectivity index (χ2n) is 6.10. The molecule has 2 N–H and O–H groups in total. The van der Waals surface area contributed by atoms with Crippen LogP contribution in [0.5, 0.6) is 0 Å². The Bertz CT molecular complexity index is 380. The number of piperidine rings is 1. The maximum absolute atomic E-state index is 5.83. The summed E-state index contributed by atoms with van der Waals surface area (Å²) in [5.41, 5.74) is 7.11. The topological polar surface area (TPSA) is 55.0 Å². The van der Waals surface area contributed by atoms with Gasteiger partial charge in [-0.15, -0.1) is 0 Å². The number of hydrogen-bond donors (Lipinski definition) is 1. The van der Waals surface area contributed by atoms with Crippen LogP contribution in [0.25, 0.3) is 0 Å². The number of hydrogen-bond acceptors (Lipinski definition) is 4. The Labute approximate surface area is 110 Å². The molecule has 2 rings (SSSR count). The van der Waals surface area contributed by atoms with Crippen molar-refractivity contribution in [2.24, 2.45) is 5.73 Å². The summed E-state index contributed by atoms with van der Waals surface area (Å²) in [6.45, 7) is 8.24. The molecule has 2 heterocycles. The highest BCUT2D eigenvalue weighted by atomic mass is 15.3. The number of nitrogens with two attached hydrogens (primary N) is 1. The Kier molecular flexibility index (Phi) is 3.85. The normalized spacial score (nSPS) is 21.1. The molecule has 1 aliphatic rings. The highest BCUT2D eigenvalue weighted by molar-refractivity contribution is 5.33. The van der Waals surface area contributed by atoms with Crippen molar-refractivity contribution in [1.82, 2.24) is 9.97 Å². The zero-order valence-corrected chi connectivity index (χ0v) is 11.7. The largest absolute Gasteiger partial charge is 0.337 e. The summed E-state index contributed by atoms with van der Waals surface area (Å²) in [6.07, 6.45) is 7.52. The van der Waals surface area contributed by atoms with E-state index in [0.29, 0.717) is 12.6 Å². The fourth-order valence-corrected chi connectivity index (χ4v) is 2.37. The van der Waals surface area contributed by atoms with Crippen molar-refractivity contribution in [2.75, 3.05) is 18.0 Å². The summed E-state index contributed by atoms with van der Waals surface area (Å²) in [7, 11) is 0. The molecule has 100 valence electrons. The quantitative estimate of drug-likeness (QED) is 0.870. The Morgan fingerprint density at radius 1 is 1.28 bits per heavy atom. The van der Waals surface area contributed by atoms with Crippen LogP contribution >= 0.6 is 0 Å². The fraction of sp³-hybridized carbons (Fsp3) is 0.714. The van der Waals surface area contributed by atoms with Crippen LogP contribution in [0.1, 0.15) is 45.6 Å². The van der Waals surface area contributed by atoms with Gasteiger partial charge in [-0.25, -0.2) is 9.97 Å². The van der Waals surface area contributed by atoms with Gasteiger partial charge < -0.3 is 10.6 Å². The SMILES string of the molecule is CC(C)(C)c1cnc(N2CCCCC2CN)nc1. The number of nitrogens with zero attached hydrogens (tertiary/aromatic N) is 3. The third kappa shape index (κ3) is 2.80. The number of rotatable bonds is 2. The van der Waals surface area contributed by atoms with Gasteiger partial charge in [0.05, 0.1) is 0 Å². The average Bonchev–Trinajstić information content (AvgIpc) is 2.38. The van der Waals surface area contributed by atoms with Gasteiger partial charge in [0.15, 0.2) is 0 Å². The minimum atomic E-state index is 0.105. The van der Waals surface area contributed by atoms with E-state index in [0.717, 1.165) is 18.9 Å². The maximum Gasteiger partial charge on any atom is 0.225 e. The first-order valence-electron chi connectivity index (χ1n) is 6.81. The van der Waals surface area contributed by atoms with Crippen molar-refractivity contribution >= 4 is 5.95 Å². The van der Waals surface area contributed by atoms with Crippen molar-refractivity contribution in [3.05, 3.63) is 18.0 Å². The number of aromatic nitrogens is 2. The lowest BCUT2D eigenvalue weighted by atomic mass is 9.89. The molecule has 0 saturated carbocycles. The predicted octanol–water partition coefficient (Wildman–Crippen LogP) is 2.09. The summed E-state index contributed by atoms with van der Waals surface area (Å²) in [6, 6.07) is 0.402. The van der Waals surface area contributed by atoms with Gasteiger partial charge in [0, 0.05) is 31.5 Å². The Morgan fingerprint density at radius 2 is 1.94 bits per heavy atom. The molecule has 0 aromatic carbocycles.